The third-order valence-electron chi connectivity index (χ3n) is 2.79. The molecule has 0 aliphatic carbocycles. The first-order valence-corrected chi connectivity index (χ1v) is 6.41. The Morgan fingerprint density at radius 2 is 1.45 bits per heavy atom. The van der Waals surface area contributed by atoms with E-state index in [0.29, 0.717) is 11.1 Å². The van der Waals surface area contributed by atoms with E-state index in [2.05, 4.69) is 0 Å². The van der Waals surface area contributed by atoms with E-state index in [1.165, 1.54) is 0 Å². The highest BCUT2D eigenvalue weighted by Crippen LogP contribution is 2.28. The van der Waals surface area contributed by atoms with Crippen LogP contribution in [0.4, 0.5) is 4.39 Å². The Kier molecular flexibility index (Phi) is 4.66. The van der Waals surface area contributed by atoms with Crippen molar-refractivity contribution in [2.24, 2.45) is 0 Å². The van der Waals surface area contributed by atoms with Gasteiger partial charge in [0.25, 0.3) is 0 Å². The molecular weight excluding hydrogens is 255 g/mol. The molecule has 20 heavy (non-hydrogen) atoms. The summed E-state index contributed by atoms with van der Waals surface area (Å²) in [7, 11) is 0. The zero-order chi connectivity index (χ0) is 14.4. The molecule has 2 aromatic rings. The van der Waals surface area contributed by atoms with Crippen LogP contribution in [-0.4, -0.2) is 12.6 Å². The first-order valence-electron chi connectivity index (χ1n) is 6.41. The maximum Gasteiger partial charge on any atom is 0.341 e. The lowest BCUT2D eigenvalue weighted by Gasteiger charge is -2.09. The first kappa shape index (κ1) is 14.0. The Labute approximate surface area is 117 Å². The smallest absolute Gasteiger partial charge is 0.341 e. The summed E-state index contributed by atoms with van der Waals surface area (Å²) in [6.07, 6.45) is 0. The second kappa shape index (κ2) is 6.66. The summed E-state index contributed by atoms with van der Waals surface area (Å²) in [5.74, 6) is -1.23. The highest BCUT2D eigenvalue weighted by atomic mass is 19.1. The molecule has 0 bridgehead atoms. The van der Waals surface area contributed by atoms with Gasteiger partial charge < -0.3 is 4.74 Å². The van der Waals surface area contributed by atoms with E-state index in [9.17, 15) is 9.18 Å². The van der Waals surface area contributed by atoms with Gasteiger partial charge in [0.05, 0.1) is 6.61 Å². The van der Waals surface area contributed by atoms with E-state index >= 15 is 0 Å². The Hall–Kier alpha value is -2.42. The summed E-state index contributed by atoms with van der Waals surface area (Å²) in [6.45, 7) is 1.90. The van der Waals surface area contributed by atoms with Gasteiger partial charge >= 0.3 is 5.97 Å². The van der Waals surface area contributed by atoms with Crippen LogP contribution >= 0.6 is 0 Å². The summed E-state index contributed by atoms with van der Waals surface area (Å²) >= 11 is 0. The topological polar surface area (TPSA) is 26.3 Å². The second-order valence-corrected chi connectivity index (χ2v) is 4.14. The van der Waals surface area contributed by atoms with Crippen LogP contribution in [0.5, 0.6) is 0 Å². The standard InChI is InChI=1S/C17H15FO2/c1-2-20-17(19)15(13-9-5-3-6-10-13)16(18)14-11-7-4-8-12-14/h3-12H,2H2,1H3/b16-15-. The summed E-state index contributed by atoms with van der Waals surface area (Å²) in [5.41, 5.74) is 0.824. The molecule has 3 heteroatoms. The minimum atomic E-state index is -0.653. The van der Waals surface area contributed by atoms with Crippen molar-refractivity contribution in [3.63, 3.8) is 0 Å². The quantitative estimate of drug-likeness (QED) is 0.475. The first-order chi connectivity index (χ1) is 9.74. The summed E-state index contributed by atoms with van der Waals surface area (Å²) in [5, 5.41) is 0. The second-order valence-electron chi connectivity index (χ2n) is 4.14. The van der Waals surface area contributed by atoms with E-state index in [1.807, 2.05) is 6.07 Å². The normalized spacial score (nSPS) is 11.7. The molecule has 2 nitrogen and oxygen atoms in total. The number of carbonyl (C=O) groups excluding carboxylic acids is 1. The number of rotatable bonds is 4. The summed E-state index contributed by atoms with van der Waals surface area (Å²) < 4.78 is 19.6. The average Bonchev–Trinajstić information content (AvgIpc) is 2.50. The van der Waals surface area contributed by atoms with Crippen molar-refractivity contribution >= 4 is 17.4 Å². The van der Waals surface area contributed by atoms with E-state index in [4.69, 9.17) is 4.74 Å². The predicted octanol–water partition coefficient (Wildman–Crippen LogP) is 4.09. The van der Waals surface area contributed by atoms with E-state index in [1.54, 1.807) is 61.5 Å². The number of hydrogen-bond acceptors (Lipinski definition) is 2. The van der Waals surface area contributed by atoms with Gasteiger partial charge in [0.1, 0.15) is 11.4 Å². The van der Waals surface area contributed by atoms with Crippen molar-refractivity contribution < 1.29 is 13.9 Å². The lowest BCUT2D eigenvalue weighted by molar-refractivity contribution is -0.136. The number of halogens is 1. The lowest BCUT2D eigenvalue weighted by atomic mass is 10.0. The van der Waals surface area contributed by atoms with Crippen molar-refractivity contribution in [1.82, 2.24) is 0 Å². The number of benzene rings is 2. The Morgan fingerprint density at radius 3 is 1.95 bits per heavy atom. The third-order valence-corrected chi connectivity index (χ3v) is 2.79. The van der Waals surface area contributed by atoms with Crippen LogP contribution in [0.15, 0.2) is 60.7 Å². The third kappa shape index (κ3) is 3.12. The van der Waals surface area contributed by atoms with Gasteiger partial charge in [-0.3, -0.25) is 0 Å². The largest absolute Gasteiger partial charge is 0.462 e. The maximum atomic E-state index is 14.6. The zero-order valence-corrected chi connectivity index (χ0v) is 11.2. The lowest BCUT2D eigenvalue weighted by Crippen LogP contribution is -2.08. The molecule has 0 amide bonds. The van der Waals surface area contributed by atoms with Crippen LogP contribution in [0.1, 0.15) is 18.1 Å². The molecule has 0 aliphatic heterocycles. The molecule has 0 N–H and O–H groups in total. The highest BCUT2D eigenvalue weighted by Gasteiger charge is 2.20. The van der Waals surface area contributed by atoms with Gasteiger partial charge in [0.2, 0.25) is 0 Å². The molecule has 0 spiro atoms. The molecule has 0 aromatic heterocycles. The van der Waals surface area contributed by atoms with Gasteiger partial charge in [-0.2, -0.15) is 0 Å². The fourth-order valence-corrected chi connectivity index (χ4v) is 1.87. The van der Waals surface area contributed by atoms with Crippen molar-refractivity contribution in [3.8, 4) is 0 Å². The van der Waals surface area contributed by atoms with Gasteiger partial charge in [0.15, 0.2) is 0 Å². The van der Waals surface area contributed by atoms with Crippen molar-refractivity contribution in [2.45, 2.75) is 6.92 Å². The Balaban J connectivity index is 2.54. The molecule has 102 valence electrons. The fourth-order valence-electron chi connectivity index (χ4n) is 1.87. The van der Waals surface area contributed by atoms with Crippen molar-refractivity contribution in [3.05, 3.63) is 71.8 Å². The van der Waals surface area contributed by atoms with E-state index in [0.717, 1.165) is 0 Å². The zero-order valence-electron chi connectivity index (χ0n) is 11.2. The summed E-state index contributed by atoms with van der Waals surface area (Å²) in [6, 6.07) is 17.2. The van der Waals surface area contributed by atoms with Crippen LogP contribution in [0.25, 0.3) is 11.4 Å². The predicted molar refractivity (Wildman–Crippen MR) is 77.4 cm³/mol. The molecule has 0 unspecified atom stereocenters. The monoisotopic (exact) mass is 270 g/mol. The minimum Gasteiger partial charge on any atom is -0.462 e. The van der Waals surface area contributed by atoms with Crippen LogP contribution in [0, 0.1) is 0 Å². The van der Waals surface area contributed by atoms with Gasteiger partial charge in [-0.15, -0.1) is 0 Å². The van der Waals surface area contributed by atoms with Crippen LogP contribution in [0.3, 0.4) is 0 Å². The van der Waals surface area contributed by atoms with Gasteiger partial charge in [-0.1, -0.05) is 60.7 Å². The number of hydrogen-bond donors (Lipinski definition) is 0. The number of ether oxygens (including phenoxy) is 1. The highest BCUT2D eigenvalue weighted by molar-refractivity contribution is 6.23. The fraction of sp³-hybridized carbons (Fsp3) is 0.118. The SMILES string of the molecule is CCOC(=O)/C(=C(\F)c1ccccc1)c1ccccc1. The molecule has 0 radical (unpaired) electrons. The molecule has 0 atom stereocenters. The number of esters is 1. The molecule has 2 aromatic carbocycles. The molecule has 2 rings (SSSR count). The van der Waals surface area contributed by atoms with Crippen molar-refractivity contribution in [2.75, 3.05) is 6.61 Å². The minimum absolute atomic E-state index is 0.0429. The molecule has 0 saturated carbocycles. The van der Waals surface area contributed by atoms with Crippen LogP contribution in [0.2, 0.25) is 0 Å². The molecule has 0 aliphatic rings. The molecular formula is C17H15FO2. The Bertz CT molecular complexity index is 603. The molecule has 0 saturated heterocycles. The molecule has 0 heterocycles. The van der Waals surface area contributed by atoms with E-state index < -0.39 is 11.8 Å². The van der Waals surface area contributed by atoms with Crippen LogP contribution < -0.4 is 0 Å². The Morgan fingerprint density at radius 1 is 0.950 bits per heavy atom. The van der Waals surface area contributed by atoms with Crippen molar-refractivity contribution in [1.29, 1.82) is 0 Å². The number of carbonyl (C=O) groups is 1. The summed E-state index contributed by atoms with van der Waals surface area (Å²) in [4.78, 5) is 12.0. The van der Waals surface area contributed by atoms with Crippen LogP contribution in [-0.2, 0) is 9.53 Å². The molecule has 0 fully saturated rings. The maximum absolute atomic E-state index is 14.6. The van der Waals surface area contributed by atoms with Gasteiger partial charge in [-0.25, -0.2) is 9.18 Å². The van der Waals surface area contributed by atoms with E-state index in [-0.39, 0.29) is 12.2 Å². The van der Waals surface area contributed by atoms with Gasteiger partial charge in [0, 0.05) is 5.56 Å². The van der Waals surface area contributed by atoms with Gasteiger partial charge in [-0.05, 0) is 12.5 Å². The average molecular weight is 270 g/mol.